The van der Waals surface area contributed by atoms with Gasteiger partial charge in [0.25, 0.3) is 0 Å². The molecule has 0 N–H and O–H groups in total. The molecule has 4 heteroatoms. The van der Waals surface area contributed by atoms with Gasteiger partial charge < -0.3 is 14.4 Å². The normalized spacial score (nSPS) is 14.7. The van der Waals surface area contributed by atoms with Crippen molar-refractivity contribution in [3.05, 3.63) is 58.1 Å². The van der Waals surface area contributed by atoms with E-state index in [-0.39, 0.29) is 0 Å². The second kappa shape index (κ2) is 8.59. The van der Waals surface area contributed by atoms with Crippen molar-refractivity contribution in [3.63, 3.8) is 0 Å². The van der Waals surface area contributed by atoms with Crippen molar-refractivity contribution in [3.8, 4) is 11.5 Å². The summed E-state index contributed by atoms with van der Waals surface area (Å²) in [7, 11) is 1.69. The van der Waals surface area contributed by atoms with E-state index >= 15 is 0 Å². The van der Waals surface area contributed by atoms with Crippen molar-refractivity contribution in [2.45, 2.75) is 26.2 Å². The second-order valence-electron chi connectivity index (χ2n) is 6.39. The van der Waals surface area contributed by atoms with Crippen molar-refractivity contribution in [1.82, 2.24) is 4.90 Å². The van der Waals surface area contributed by atoms with Crippen LogP contribution in [-0.2, 0) is 19.3 Å². The molecule has 0 radical (unpaired) electrons. The van der Waals surface area contributed by atoms with Gasteiger partial charge in [-0.15, -0.1) is 0 Å². The van der Waals surface area contributed by atoms with Crippen LogP contribution in [0.1, 0.15) is 23.6 Å². The molecule has 0 saturated heterocycles. The third-order valence-corrected chi connectivity index (χ3v) is 5.27. The molecule has 25 heavy (non-hydrogen) atoms. The molecule has 2 aromatic carbocycles. The SMILES string of the molecule is CCN1CCc2c(Cl)ccc(OCCc3cccc(OC)c3)c2CC1. The minimum atomic E-state index is 0.652. The van der Waals surface area contributed by atoms with Gasteiger partial charge in [0.1, 0.15) is 11.5 Å². The van der Waals surface area contributed by atoms with Crippen LogP contribution in [0.2, 0.25) is 5.02 Å². The van der Waals surface area contributed by atoms with E-state index in [0.717, 1.165) is 55.4 Å². The first-order chi connectivity index (χ1) is 12.2. The molecule has 0 saturated carbocycles. The molecule has 0 amide bonds. The average molecular weight is 360 g/mol. The Bertz CT molecular complexity index is 717. The van der Waals surface area contributed by atoms with Crippen molar-refractivity contribution in [2.24, 2.45) is 0 Å². The number of likely N-dealkylation sites (N-methyl/N-ethyl adjacent to an activating group) is 1. The van der Waals surface area contributed by atoms with Crippen LogP contribution >= 0.6 is 11.6 Å². The maximum absolute atomic E-state index is 6.45. The van der Waals surface area contributed by atoms with Crippen LogP contribution in [0.4, 0.5) is 0 Å². The molecule has 0 unspecified atom stereocenters. The molecule has 0 bridgehead atoms. The van der Waals surface area contributed by atoms with E-state index in [0.29, 0.717) is 6.61 Å². The van der Waals surface area contributed by atoms with Gasteiger partial charge in [0.15, 0.2) is 0 Å². The summed E-state index contributed by atoms with van der Waals surface area (Å²) in [6.45, 7) is 6.08. The van der Waals surface area contributed by atoms with E-state index in [1.807, 2.05) is 24.3 Å². The monoisotopic (exact) mass is 359 g/mol. The standard InChI is InChI=1S/C21H26ClNO2/c1-3-23-12-9-18-19(10-13-23)21(8-7-20(18)22)25-14-11-16-5-4-6-17(15-16)24-2/h4-8,15H,3,9-14H2,1-2H3. The largest absolute Gasteiger partial charge is 0.497 e. The fourth-order valence-electron chi connectivity index (χ4n) is 3.40. The summed E-state index contributed by atoms with van der Waals surface area (Å²) in [6, 6.07) is 12.1. The summed E-state index contributed by atoms with van der Waals surface area (Å²) in [5, 5.41) is 0.869. The molecule has 0 spiro atoms. The minimum Gasteiger partial charge on any atom is -0.497 e. The molecule has 0 fully saturated rings. The molecular weight excluding hydrogens is 334 g/mol. The van der Waals surface area contributed by atoms with Gasteiger partial charge in [-0.1, -0.05) is 30.7 Å². The van der Waals surface area contributed by atoms with Gasteiger partial charge >= 0.3 is 0 Å². The average Bonchev–Trinajstić information content (AvgIpc) is 2.87. The molecule has 0 aliphatic carbocycles. The lowest BCUT2D eigenvalue weighted by atomic mass is 10.0. The van der Waals surface area contributed by atoms with Crippen LogP contribution in [0.25, 0.3) is 0 Å². The lowest BCUT2D eigenvalue weighted by molar-refractivity contribution is 0.299. The third kappa shape index (κ3) is 4.47. The summed E-state index contributed by atoms with van der Waals surface area (Å²) in [4.78, 5) is 2.47. The first-order valence-corrected chi connectivity index (χ1v) is 9.37. The number of fused-ring (bicyclic) bond motifs is 1. The van der Waals surface area contributed by atoms with E-state index in [1.54, 1.807) is 7.11 Å². The third-order valence-electron chi connectivity index (χ3n) is 4.92. The summed E-state index contributed by atoms with van der Waals surface area (Å²) in [6.07, 6.45) is 2.85. The zero-order chi connectivity index (χ0) is 17.6. The highest BCUT2D eigenvalue weighted by molar-refractivity contribution is 6.31. The van der Waals surface area contributed by atoms with Crippen LogP contribution in [0.15, 0.2) is 36.4 Å². The summed E-state index contributed by atoms with van der Waals surface area (Å²) >= 11 is 6.45. The summed E-state index contributed by atoms with van der Waals surface area (Å²) in [5.74, 6) is 1.87. The van der Waals surface area contributed by atoms with Crippen LogP contribution in [-0.4, -0.2) is 38.3 Å². The molecule has 3 rings (SSSR count). The number of benzene rings is 2. The highest BCUT2D eigenvalue weighted by Crippen LogP contribution is 2.32. The lowest BCUT2D eigenvalue weighted by Crippen LogP contribution is -2.25. The van der Waals surface area contributed by atoms with Gasteiger partial charge in [-0.3, -0.25) is 0 Å². The van der Waals surface area contributed by atoms with Gasteiger partial charge in [0.2, 0.25) is 0 Å². The topological polar surface area (TPSA) is 21.7 Å². The number of halogens is 1. The Kier molecular flexibility index (Phi) is 6.22. The van der Waals surface area contributed by atoms with Gasteiger partial charge in [-0.25, -0.2) is 0 Å². The molecular formula is C21H26ClNO2. The van der Waals surface area contributed by atoms with Crippen LogP contribution in [0.3, 0.4) is 0 Å². The number of nitrogens with zero attached hydrogens (tertiary/aromatic N) is 1. The van der Waals surface area contributed by atoms with Crippen molar-refractivity contribution < 1.29 is 9.47 Å². The van der Waals surface area contributed by atoms with Gasteiger partial charge in [0.05, 0.1) is 13.7 Å². The molecule has 0 atom stereocenters. The van der Waals surface area contributed by atoms with Gasteiger partial charge in [-0.2, -0.15) is 0 Å². The van der Waals surface area contributed by atoms with Crippen molar-refractivity contribution in [1.29, 1.82) is 0 Å². The Morgan fingerprint density at radius 2 is 1.88 bits per heavy atom. The maximum Gasteiger partial charge on any atom is 0.122 e. The van der Waals surface area contributed by atoms with Gasteiger partial charge in [-0.05, 0) is 54.8 Å². The Morgan fingerprint density at radius 1 is 1.08 bits per heavy atom. The minimum absolute atomic E-state index is 0.652. The molecule has 1 heterocycles. The smallest absolute Gasteiger partial charge is 0.122 e. The first-order valence-electron chi connectivity index (χ1n) is 8.99. The number of hydrogen-bond acceptors (Lipinski definition) is 3. The number of hydrogen-bond donors (Lipinski definition) is 0. The van der Waals surface area contributed by atoms with E-state index in [9.17, 15) is 0 Å². The fourth-order valence-corrected chi connectivity index (χ4v) is 3.67. The van der Waals surface area contributed by atoms with Crippen LogP contribution in [0.5, 0.6) is 11.5 Å². The Balaban J connectivity index is 1.69. The van der Waals surface area contributed by atoms with Crippen molar-refractivity contribution >= 4 is 11.6 Å². The molecule has 3 nitrogen and oxygen atoms in total. The Labute approximate surface area is 155 Å². The molecule has 1 aliphatic rings. The van der Waals surface area contributed by atoms with E-state index in [4.69, 9.17) is 21.1 Å². The van der Waals surface area contributed by atoms with Gasteiger partial charge in [0, 0.05) is 30.1 Å². The van der Waals surface area contributed by atoms with E-state index in [2.05, 4.69) is 24.0 Å². The highest BCUT2D eigenvalue weighted by Gasteiger charge is 2.19. The molecule has 0 aromatic heterocycles. The Hall–Kier alpha value is -1.71. The fraction of sp³-hybridized carbons (Fsp3) is 0.429. The second-order valence-corrected chi connectivity index (χ2v) is 6.79. The first kappa shape index (κ1) is 18.1. The summed E-state index contributed by atoms with van der Waals surface area (Å²) in [5.41, 5.74) is 3.77. The zero-order valence-corrected chi connectivity index (χ0v) is 15.8. The van der Waals surface area contributed by atoms with Crippen LogP contribution < -0.4 is 9.47 Å². The quantitative estimate of drug-likeness (QED) is 0.763. The number of ether oxygens (including phenoxy) is 2. The highest BCUT2D eigenvalue weighted by atomic mass is 35.5. The van der Waals surface area contributed by atoms with Crippen LogP contribution in [0, 0.1) is 0 Å². The molecule has 2 aromatic rings. The predicted octanol–water partition coefficient (Wildman–Crippen LogP) is 4.39. The number of rotatable bonds is 6. The lowest BCUT2D eigenvalue weighted by Gasteiger charge is -2.16. The molecule has 1 aliphatic heterocycles. The predicted molar refractivity (Wildman–Crippen MR) is 103 cm³/mol. The summed E-state index contributed by atoms with van der Waals surface area (Å²) < 4.78 is 11.4. The molecule has 134 valence electrons. The maximum atomic E-state index is 6.45. The van der Waals surface area contributed by atoms with E-state index in [1.165, 1.54) is 16.7 Å². The Morgan fingerprint density at radius 3 is 2.64 bits per heavy atom. The zero-order valence-electron chi connectivity index (χ0n) is 15.1. The van der Waals surface area contributed by atoms with E-state index < -0.39 is 0 Å². The van der Waals surface area contributed by atoms with Crippen molar-refractivity contribution in [2.75, 3.05) is 33.4 Å². The number of methoxy groups -OCH3 is 1.